The molecule has 2 aliphatic heterocycles. The number of para-hydroxylation sites is 1. The quantitative estimate of drug-likeness (QED) is 0.488. The molecule has 5 nitrogen and oxygen atoms in total. The van der Waals surface area contributed by atoms with Crippen LogP contribution < -0.4 is 4.90 Å². The summed E-state index contributed by atoms with van der Waals surface area (Å²) in [6, 6.07) is 11.0. The summed E-state index contributed by atoms with van der Waals surface area (Å²) in [6.07, 6.45) is 3.66. The highest BCUT2D eigenvalue weighted by atomic mass is 35.5. The van der Waals surface area contributed by atoms with Gasteiger partial charge in [-0.05, 0) is 54.7 Å². The van der Waals surface area contributed by atoms with E-state index in [1.807, 2.05) is 4.90 Å². The van der Waals surface area contributed by atoms with Crippen LogP contribution in [0.25, 0.3) is 6.08 Å². The summed E-state index contributed by atoms with van der Waals surface area (Å²) in [4.78, 5) is 33.5. The highest BCUT2D eigenvalue weighted by Gasteiger charge is 2.34. The van der Waals surface area contributed by atoms with Gasteiger partial charge in [-0.2, -0.15) is 0 Å². The Balaban J connectivity index is 1.61. The number of benzene rings is 2. The van der Waals surface area contributed by atoms with Crippen LogP contribution in [0, 0.1) is 11.7 Å². The average molecular weight is 506 g/mol. The molecule has 1 saturated heterocycles. The van der Waals surface area contributed by atoms with E-state index < -0.39 is 11.7 Å². The molecule has 2 heterocycles. The molecule has 0 radical (unpaired) electrons. The molecule has 4 rings (SSSR count). The summed E-state index contributed by atoms with van der Waals surface area (Å²) < 4.78 is 14.6. The number of piperidine rings is 1. The first kappa shape index (κ1) is 23.8. The number of amides is 2. The van der Waals surface area contributed by atoms with Crippen LogP contribution in [0.4, 0.5) is 10.1 Å². The highest BCUT2D eigenvalue weighted by molar-refractivity contribution is 8.14. The third kappa shape index (κ3) is 5.42. The monoisotopic (exact) mass is 505 g/mol. The van der Waals surface area contributed by atoms with Gasteiger partial charge in [-0.3, -0.25) is 14.5 Å². The van der Waals surface area contributed by atoms with Crippen LogP contribution in [0.1, 0.15) is 25.3 Å². The van der Waals surface area contributed by atoms with Crippen molar-refractivity contribution < 1.29 is 14.0 Å². The Morgan fingerprint density at radius 2 is 2.03 bits per heavy atom. The largest absolute Gasteiger partial charge is 0.342 e. The summed E-state index contributed by atoms with van der Waals surface area (Å²) >= 11 is 13.2. The molecule has 1 fully saturated rings. The van der Waals surface area contributed by atoms with E-state index in [9.17, 15) is 14.0 Å². The van der Waals surface area contributed by atoms with E-state index in [-0.39, 0.29) is 28.2 Å². The van der Waals surface area contributed by atoms with Crippen molar-refractivity contribution in [2.24, 2.45) is 10.9 Å². The number of amidine groups is 1. The number of nitrogens with zero attached hydrogens (tertiary/aromatic N) is 3. The number of carbonyl (C=O) groups excluding carboxylic acids is 2. The fourth-order valence-corrected chi connectivity index (χ4v) is 5.05. The molecule has 0 N–H and O–H groups in total. The molecule has 2 aliphatic rings. The Morgan fingerprint density at radius 1 is 1.24 bits per heavy atom. The zero-order valence-electron chi connectivity index (χ0n) is 17.9. The van der Waals surface area contributed by atoms with Crippen molar-refractivity contribution in [1.82, 2.24) is 4.90 Å². The maximum Gasteiger partial charge on any atom is 0.283 e. The molecule has 0 unspecified atom stereocenters. The molecule has 33 heavy (non-hydrogen) atoms. The van der Waals surface area contributed by atoms with E-state index in [1.165, 1.54) is 17.0 Å². The van der Waals surface area contributed by atoms with Crippen molar-refractivity contribution in [2.75, 3.05) is 23.7 Å². The summed E-state index contributed by atoms with van der Waals surface area (Å²) in [5.74, 6) is -0.464. The number of thioether (sulfide) groups is 1. The molecule has 0 bridgehead atoms. The van der Waals surface area contributed by atoms with E-state index >= 15 is 0 Å². The number of aliphatic imine (C=N–C) groups is 1. The predicted octanol–water partition coefficient (Wildman–Crippen LogP) is 5.87. The average Bonchev–Trinajstić information content (AvgIpc) is 3.10. The first-order chi connectivity index (χ1) is 15.8. The van der Waals surface area contributed by atoms with Crippen molar-refractivity contribution in [3.63, 3.8) is 0 Å². The molecule has 9 heteroatoms. The normalized spacial score (nSPS) is 19.9. The smallest absolute Gasteiger partial charge is 0.283 e. The Bertz CT molecular complexity index is 1150. The number of rotatable bonds is 4. The van der Waals surface area contributed by atoms with Crippen LogP contribution in [0.5, 0.6) is 0 Å². The van der Waals surface area contributed by atoms with Crippen LogP contribution in [0.15, 0.2) is 53.2 Å². The predicted molar refractivity (Wildman–Crippen MR) is 133 cm³/mol. The second kappa shape index (κ2) is 10.3. The lowest BCUT2D eigenvalue weighted by Gasteiger charge is -2.31. The van der Waals surface area contributed by atoms with Gasteiger partial charge in [0, 0.05) is 13.1 Å². The Hall–Kier alpha value is -2.35. The van der Waals surface area contributed by atoms with Gasteiger partial charge < -0.3 is 4.90 Å². The highest BCUT2D eigenvalue weighted by Crippen LogP contribution is 2.32. The van der Waals surface area contributed by atoms with Gasteiger partial charge >= 0.3 is 0 Å². The summed E-state index contributed by atoms with van der Waals surface area (Å²) in [5.41, 5.74) is 0.845. The third-order valence-electron chi connectivity index (χ3n) is 5.50. The number of anilines is 1. The number of hydrogen-bond acceptors (Lipinski definition) is 4. The zero-order valence-corrected chi connectivity index (χ0v) is 20.3. The molecule has 2 aromatic rings. The Morgan fingerprint density at radius 3 is 2.76 bits per heavy atom. The molecule has 0 aromatic heterocycles. The van der Waals surface area contributed by atoms with Gasteiger partial charge in [-0.15, -0.1) is 0 Å². The standard InChI is InChI=1S/C24H22Cl2FN3O2S/c1-15-5-4-10-29(13-15)22(31)14-33-24-28-20(12-16-8-9-17(25)18(26)11-16)23(32)30(24)21-7-3-2-6-19(21)27/h2-3,6-9,11-12,15H,4-5,10,13-14H2,1H3/b20-12-/t15-/m1/s1. The minimum absolute atomic E-state index is 0.0166. The number of halogens is 3. The van der Waals surface area contributed by atoms with Crippen molar-refractivity contribution in [2.45, 2.75) is 19.8 Å². The molecule has 2 amide bonds. The number of hydrogen-bond donors (Lipinski definition) is 0. The fraction of sp³-hybridized carbons (Fsp3) is 0.292. The Labute approximate surface area is 206 Å². The third-order valence-corrected chi connectivity index (χ3v) is 7.17. The van der Waals surface area contributed by atoms with Gasteiger partial charge in [0.25, 0.3) is 5.91 Å². The van der Waals surface area contributed by atoms with Gasteiger partial charge in [-0.25, -0.2) is 9.38 Å². The summed E-state index contributed by atoms with van der Waals surface area (Å²) in [7, 11) is 0. The van der Waals surface area contributed by atoms with Crippen LogP contribution >= 0.6 is 35.0 Å². The van der Waals surface area contributed by atoms with Crippen molar-refractivity contribution >= 4 is 63.7 Å². The van der Waals surface area contributed by atoms with Crippen molar-refractivity contribution in [3.8, 4) is 0 Å². The van der Waals surface area contributed by atoms with Crippen molar-refractivity contribution in [1.29, 1.82) is 0 Å². The second-order valence-corrected chi connectivity index (χ2v) is 9.82. The molecule has 2 aromatic carbocycles. The lowest BCUT2D eigenvalue weighted by Crippen LogP contribution is -2.40. The van der Waals surface area contributed by atoms with Crippen LogP contribution in [-0.4, -0.2) is 40.7 Å². The molecular weight excluding hydrogens is 484 g/mol. The minimum Gasteiger partial charge on any atom is -0.342 e. The van der Waals surface area contributed by atoms with E-state index in [2.05, 4.69) is 11.9 Å². The Kier molecular flexibility index (Phi) is 7.41. The molecular formula is C24H22Cl2FN3O2S. The minimum atomic E-state index is -0.550. The van der Waals surface area contributed by atoms with E-state index in [0.29, 0.717) is 21.5 Å². The maximum absolute atomic E-state index is 14.6. The van der Waals surface area contributed by atoms with Crippen LogP contribution in [-0.2, 0) is 9.59 Å². The van der Waals surface area contributed by atoms with Gasteiger partial charge in [0.2, 0.25) is 5.91 Å². The molecule has 1 atom stereocenters. The first-order valence-corrected chi connectivity index (χ1v) is 12.3. The van der Waals surface area contributed by atoms with Crippen LogP contribution in [0.2, 0.25) is 10.0 Å². The molecule has 0 saturated carbocycles. The molecule has 172 valence electrons. The van der Waals surface area contributed by atoms with E-state index in [1.54, 1.807) is 36.4 Å². The fourth-order valence-electron chi connectivity index (χ4n) is 3.83. The number of carbonyl (C=O) groups is 2. The lowest BCUT2D eigenvalue weighted by molar-refractivity contribution is -0.130. The summed E-state index contributed by atoms with van der Waals surface area (Å²) in [5, 5.41) is 1.01. The second-order valence-electron chi connectivity index (χ2n) is 8.07. The summed E-state index contributed by atoms with van der Waals surface area (Å²) in [6.45, 7) is 3.59. The van der Waals surface area contributed by atoms with Gasteiger partial charge in [0.15, 0.2) is 5.17 Å². The van der Waals surface area contributed by atoms with Gasteiger partial charge in [0.1, 0.15) is 11.5 Å². The van der Waals surface area contributed by atoms with Crippen LogP contribution in [0.3, 0.4) is 0 Å². The van der Waals surface area contributed by atoms with Gasteiger partial charge in [0.05, 0.1) is 21.5 Å². The SMILES string of the molecule is C[C@@H]1CCCN(C(=O)CSC2=N/C(=C\c3ccc(Cl)c(Cl)c3)C(=O)N2c2ccccc2F)C1. The topological polar surface area (TPSA) is 53.0 Å². The molecule has 0 spiro atoms. The van der Waals surface area contributed by atoms with E-state index in [4.69, 9.17) is 23.2 Å². The first-order valence-electron chi connectivity index (χ1n) is 10.6. The maximum atomic E-state index is 14.6. The zero-order chi connectivity index (χ0) is 23.5. The van der Waals surface area contributed by atoms with Crippen molar-refractivity contribution in [3.05, 3.63) is 69.6 Å². The number of likely N-dealkylation sites (tertiary alicyclic amines) is 1. The van der Waals surface area contributed by atoms with Gasteiger partial charge in [-0.1, -0.05) is 60.1 Å². The molecule has 0 aliphatic carbocycles. The lowest BCUT2D eigenvalue weighted by atomic mass is 10.0. The van der Waals surface area contributed by atoms with E-state index in [0.717, 1.165) is 37.7 Å².